The van der Waals surface area contributed by atoms with Crippen molar-refractivity contribution >= 4 is 16.2 Å². The Labute approximate surface area is 95.5 Å². The maximum Gasteiger partial charge on any atom is 0.394 e. The average Bonchev–Trinajstić information content (AvgIpc) is 2.86. The second-order valence-electron chi connectivity index (χ2n) is 4.70. The van der Waals surface area contributed by atoms with Crippen molar-refractivity contribution < 1.29 is 12.4 Å². The number of hydrogen-bond donors (Lipinski definition) is 0. The van der Waals surface area contributed by atoms with Crippen molar-refractivity contribution in [2.24, 2.45) is 11.8 Å². The molecule has 1 aliphatic heterocycles. The predicted molar refractivity (Wildman–Crippen MR) is 61.2 cm³/mol. The summed E-state index contributed by atoms with van der Waals surface area (Å²) in [5.41, 5.74) is 1.08. The number of nitrogens with zero attached hydrogens (tertiary/aromatic N) is 1. The van der Waals surface area contributed by atoms with Gasteiger partial charge in [0, 0.05) is 11.8 Å². The molecule has 0 bridgehead atoms. The SMILES string of the molecule is Cc1ccc(S(=O)(=O)[N+]2=C[C@H]3C[C@H]3C2)cc1. The van der Waals surface area contributed by atoms with Crippen molar-refractivity contribution in [3.05, 3.63) is 29.8 Å². The molecule has 0 saturated heterocycles. The first-order valence-corrected chi connectivity index (χ1v) is 6.95. The van der Waals surface area contributed by atoms with Gasteiger partial charge in [-0.3, -0.25) is 0 Å². The molecule has 16 heavy (non-hydrogen) atoms. The van der Waals surface area contributed by atoms with Crippen molar-refractivity contribution in [1.29, 1.82) is 0 Å². The Kier molecular flexibility index (Phi) is 1.98. The molecule has 1 aromatic carbocycles. The normalized spacial score (nSPS) is 27.4. The molecule has 3 rings (SSSR count). The largest absolute Gasteiger partial charge is 0.394 e. The smallest absolute Gasteiger partial charge is 0.159 e. The van der Waals surface area contributed by atoms with Crippen LogP contribution in [0.5, 0.6) is 0 Å². The van der Waals surface area contributed by atoms with Crippen LogP contribution in [0, 0.1) is 18.8 Å². The van der Waals surface area contributed by atoms with Gasteiger partial charge in [0.15, 0.2) is 12.8 Å². The van der Waals surface area contributed by atoms with Crippen molar-refractivity contribution in [2.45, 2.75) is 18.2 Å². The van der Waals surface area contributed by atoms with Crippen molar-refractivity contribution in [3.63, 3.8) is 0 Å². The fourth-order valence-electron chi connectivity index (χ4n) is 2.19. The number of hydrogen-bond acceptors (Lipinski definition) is 2. The number of fused-ring (bicyclic) bond motifs is 1. The maximum atomic E-state index is 12.2. The van der Waals surface area contributed by atoms with E-state index in [9.17, 15) is 8.42 Å². The zero-order chi connectivity index (χ0) is 11.3. The van der Waals surface area contributed by atoms with Crippen LogP contribution in [0.2, 0.25) is 0 Å². The monoisotopic (exact) mass is 236 g/mol. The van der Waals surface area contributed by atoms with Crippen molar-refractivity contribution in [3.8, 4) is 0 Å². The summed E-state index contributed by atoms with van der Waals surface area (Å²) in [6, 6.07) is 7.04. The first-order valence-electron chi connectivity index (χ1n) is 5.51. The third-order valence-corrected chi connectivity index (χ3v) is 5.13. The van der Waals surface area contributed by atoms with E-state index in [2.05, 4.69) is 0 Å². The Hall–Kier alpha value is -1.16. The highest BCUT2D eigenvalue weighted by Gasteiger charge is 2.50. The van der Waals surface area contributed by atoms with E-state index >= 15 is 0 Å². The molecule has 1 heterocycles. The quantitative estimate of drug-likeness (QED) is 0.728. The highest BCUT2D eigenvalue weighted by molar-refractivity contribution is 7.85. The summed E-state index contributed by atoms with van der Waals surface area (Å²) in [6.45, 7) is 2.62. The Bertz CT molecular complexity index is 557. The summed E-state index contributed by atoms with van der Waals surface area (Å²) in [5, 5.41) is 0. The lowest BCUT2D eigenvalue weighted by atomic mass is 10.2. The van der Waals surface area contributed by atoms with Crippen LogP contribution in [0.4, 0.5) is 0 Å². The number of sulfonamides is 1. The summed E-state index contributed by atoms with van der Waals surface area (Å²) in [5.74, 6) is 1.10. The Morgan fingerprint density at radius 1 is 1.25 bits per heavy atom. The van der Waals surface area contributed by atoms with Gasteiger partial charge in [0.1, 0.15) is 4.90 Å². The molecule has 0 amide bonds. The number of rotatable bonds is 2. The first kappa shape index (κ1) is 10.0. The van der Waals surface area contributed by atoms with Gasteiger partial charge in [-0.2, -0.15) is 8.42 Å². The van der Waals surface area contributed by atoms with Gasteiger partial charge in [0.25, 0.3) is 0 Å². The molecule has 2 atom stereocenters. The zero-order valence-electron chi connectivity index (χ0n) is 9.13. The van der Waals surface area contributed by atoms with Crippen molar-refractivity contribution in [1.82, 2.24) is 0 Å². The van der Waals surface area contributed by atoms with E-state index in [1.807, 2.05) is 25.3 Å². The fourth-order valence-corrected chi connectivity index (χ4v) is 3.65. The molecule has 0 N–H and O–H groups in total. The van der Waals surface area contributed by atoms with Gasteiger partial charge < -0.3 is 0 Å². The number of aryl methyl sites for hydroxylation is 1. The summed E-state index contributed by atoms with van der Waals surface area (Å²) in [6.07, 6.45) is 3.04. The van der Waals surface area contributed by atoms with Crippen LogP contribution >= 0.6 is 0 Å². The van der Waals surface area contributed by atoms with Gasteiger partial charge in [-0.25, -0.2) is 0 Å². The molecule has 2 aliphatic rings. The molecule has 1 aromatic rings. The van der Waals surface area contributed by atoms with E-state index < -0.39 is 10.0 Å². The second-order valence-corrected chi connectivity index (χ2v) is 6.59. The Balaban J connectivity index is 1.99. The van der Waals surface area contributed by atoms with E-state index in [0.717, 1.165) is 5.56 Å². The van der Waals surface area contributed by atoms with Crippen LogP contribution < -0.4 is 0 Å². The third-order valence-electron chi connectivity index (χ3n) is 3.38. The molecule has 4 heteroatoms. The van der Waals surface area contributed by atoms with Crippen LogP contribution in [0.25, 0.3) is 0 Å². The van der Waals surface area contributed by atoms with E-state index in [0.29, 0.717) is 23.3 Å². The predicted octanol–water partition coefficient (Wildman–Crippen LogP) is 1.42. The molecule has 1 aliphatic carbocycles. The molecule has 0 radical (unpaired) electrons. The van der Waals surface area contributed by atoms with Crippen LogP contribution in [-0.2, 0) is 10.0 Å². The molecule has 84 valence electrons. The maximum absolute atomic E-state index is 12.2. The van der Waals surface area contributed by atoms with E-state index in [4.69, 9.17) is 0 Å². The zero-order valence-corrected chi connectivity index (χ0v) is 9.94. The summed E-state index contributed by atoms with van der Waals surface area (Å²) >= 11 is 0. The van der Waals surface area contributed by atoms with Crippen LogP contribution in [0.3, 0.4) is 0 Å². The van der Waals surface area contributed by atoms with Gasteiger partial charge in [0.05, 0.1) is 0 Å². The first-order chi connectivity index (χ1) is 7.57. The minimum Gasteiger partial charge on any atom is -0.159 e. The molecule has 0 aromatic heterocycles. The minimum atomic E-state index is -3.28. The second kappa shape index (κ2) is 3.17. The minimum absolute atomic E-state index is 0.399. The molecule has 1 fully saturated rings. The Morgan fingerprint density at radius 2 is 1.94 bits per heavy atom. The van der Waals surface area contributed by atoms with Crippen LogP contribution in [0.1, 0.15) is 12.0 Å². The lowest BCUT2D eigenvalue weighted by Gasteiger charge is -2.01. The fraction of sp³-hybridized carbons (Fsp3) is 0.417. The Morgan fingerprint density at radius 3 is 2.50 bits per heavy atom. The molecule has 3 nitrogen and oxygen atoms in total. The van der Waals surface area contributed by atoms with Crippen molar-refractivity contribution in [2.75, 3.05) is 6.54 Å². The van der Waals surface area contributed by atoms with Gasteiger partial charge in [-0.1, -0.05) is 17.7 Å². The molecular weight excluding hydrogens is 222 g/mol. The molecule has 1 saturated carbocycles. The summed E-state index contributed by atoms with van der Waals surface area (Å²) in [7, 11) is -3.28. The lowest BCUT2D eigenvalue weighted by Crippen LogP contribution is -2.21. The third kappa shape index (κ3) is 1.48. The van der Waals surface area contributed by atoms with E-state index in [-0.39, 0.29) is 0 Å². The summed E-state index contributed by atoms with van der Waals surface area (Å²) in [4.78, 5) is 0.399. The molecular formula is C12H14NO2S+. The van der Waals surface area contributed by atoms with E-state index in [1.54, 1.807) is 12.1 Å². The summed E-state index contributed by atoms with van der Waals surface area (Å²) < 4.78 is 25.9. The highest BCUT2D eigenvalue weighted by Crippen LogP contribution is 2.41. The van der Waals surface area contributed by atoms with Gasteiger partial charge >= 0.3 is 10.0 Å². The average molecular weight is 236 g/mol. The topological polar surface area (TPSA) is 37.1 Å². The van der Waals surface area contributed by atoms with E-state index in [1.165, 1.54) is 10.4 Å². The highest BCUT2D eigenvalue weighted by atomic mass is 32.2. The van der Waals surface area contributed by atoms with Crippen LogP contribution in [0.15, 0.2) is 29.2 Å². The molecule has 0 unspecified atom stereocenters. The standard InChI is InChI=1S/C12H14NO2S/c1-9-2-4-12(5-3-9)16(14,15)13-7-10-6-11(10)8-13/h2-5,7,10-11H,6,8H2,1H3/q+1/t10-,11+/m1/s1. The van der Waals surface area contributed by atoms with Gasteiger partial charge in [-0.15, -0.1) is 3.98 Å². The van der Waals surface area contributed by atoms with Gasteiger partial charge in [-0.05, 0) is 25.5 Å². The molecule has 0 spiro atoms. The number of benzene rings is 1. The van der Waals surface area contributed by atoms with Crippen LogP contribution in [-0.4, -0.2) is 25.2 Å². The van der Waals surface area contributed by atoms with Gasteiger partial charge in [0.2, 0.25) is 0 Å². The lowest BCUT2D eigenvalue weighted by molar-refractivity contribution is -0.358.